The lowest BCUT2D eigenvalue weighted by Gasteiger charge is -2.27. The largest absolute Gasteiger partial charge is 0.493 e. The molecule has 0 saturated heterocycles. The first-order chi connectivity index (χ1) is 14.3. The highest BCUT2D eigenvalue weighted by Crippen LogP contribution is 2.33. The second kappa shape index (κ2) is 10.4. The van der Waals surface area contributed by atoms with Gasteiger partial charge in [0, 0.05) is 45.5 Å². The normalized spacial score (nSPS) is 11.3. The third kappa shape index (κ3) is 5.56. The zero-order chi connectivity index (χ0) is 22.3. The van der Waals surface area contributed by atoms with Crippen LogP contribution in [0.4, 0.5) is 16.2 Å². The molecular weight excluding hydrogens is 384 g/mol. The number of urea groups is 1. The van der Waals surface area contributed by atoms with Gasteiger partial charge in [-0.05, 0) is 25.1 Å². The van der Waals surface area contributed by atoms with Crippen molar-refractivity contribution in [2.24, 2.45) is 0 Å². The van der Waals surface area contributed by atoms with Crippen LogP contribution in [0.1, 0.15) is 17.3 Å². The monoisotopic (exact) mass is 414 g/mol. The van der Waals surface area contributed by atoms with E-state index in [1.807, 2.05) is 44.3 Å². The summed E-state index contributed by atoms with van der Waals surface area (Å²) in [5.41, 5.74) is 1.71. The zero-order valence-electron chi connectivity index (χ0n) is 18.4. The molecule has 0 saturated carbocycles. The van der Waals surface area contributed by atoms with Crippen LogP contribution in [0.5, 0.6) is 11.5 Å². The molecule has 1 unspecified atom stereocenters. The van der Waals surface area contributed by atoms with Crippen molar-refractivity contribution in [3.05, 3.63) is 48.0 Å². The minimum Gasteiger partial charge on any atom is -0.493 e. The molecule has 0 fully saturated rings. The molecule has 0 aliphatic rings. The van der Waals surface area contributed by atoms with Gasteiger partial charge in [0.1, 0.15) is 0 Å². The van der Waals surface area contributed by atoms with E-state index in [1.54, 1.807) is 26.2 Å². The Labute approximate surface area is 177 Å². The van der Waals surface area contributed by atoms with E-state index < -0.39 is 6.03 Å². The van der Waals surface area contributed by atoms with Gasteiger partial charge < -0.3 is 29.9 Å². The fourth-order valence-corrected chi connectivity index (χ4v) is 2.86. The highest BCUT2D eigenvalue weighted by atomic mass is 16.5. The van der Waals surface area contributed by atoms with Crippen molar-refractivity contribution in [2.45, 2.75) is 13.0 Å². The number of rotatable bonds is 8. The van der Waals surface area contributed by atoms with Crippen LogP contribution in [0.3, 0.4) is 0 Å². The molecule has 0 radical (unpaired) electrons. The van der Waals surface area contributed by atoms with Crippen molar-refractivity contribution in [3.63, 3.8) is 0 Å². The van der Waals surface area contributed by atoms with Gasteiger partial charge in [0.05, 0.1) is 25.5 Å². The minimum atomic E-state index is -0.414. The van der Waals surface area contributed by atoms with Crippen LogP contribution in [-0.2, 0) is 0 Å². The number of nitrogens with one attached hydrogen (secondary N) is 2. The number of methoxy groups -OCH3 is 2. The molecule has 8 heteroatoms. The molecule has 0 heterocycles. The number of hydrogen-bond acceptors (Lipinski definition) is 5. The quantitative estimate of drug-likeness (QED) is 0.694. The number of para-hydroxylation sites is 1. The Hall–Kier alpha value is -3.42. The number of carbonyl (C=O) groups is 2. The predicted octanol–water partition coefficient (Wildman–Crippen LogP) is 3.05. The summed E-state index contributed by atoms with van der Waals surface area (Å²) in [7, 11) is 8.25. The molecule has 0 bridgehead atoms. The van der Waals surface area contributed by atoms with Crippen molar-refractivity contribution in [1.82, 2.24) is 10.2 Å². The average Bonchev–Trinajstić information content (AvgIpc) is 2.76. The van der Waals surface area contributed by atoms with E-state index in [1.165, 1.54) is 19.1 Å². The van der Waals surface area contributed by atoms with Gasteiger partial charge in [-0.2, -0.15) is 0 Å². The van der Waals surface area contributed by atoms with Crippen LogP contribution in [-0.4, -0.2) is 64.8 Å². The molecule has 0 aliphatic carbocycles. The predicted molar refractivity (Wildman–Crippen MR) is 119 cm³/mol. The molecule has 0 aromatic heterocycles. The summed E-state index contributed by atoms with van der Waals surface area (Å²) in [6, 6.07) is 12.7. The molecule has 8 nitrogen and oxygen atoms in total. The Kier molecular flexibility index (Phi) is 7.91. The molecule has 3 amide bonds. The fourth-order valence-electron chi connectivity index (χ4n) is 2.86. The average molecular weight is 415 g/mol. The Morgan fingerprint density at radius 2 is 1.60 bits per heavy atom. The molecule has 0 aliphatic heterocycles. The lowest BCUT2D eigenvalue weighted by molar-refractivity contribution is 0.0828. The molecule has 2 rings (SSSR count). The second-order valence-corrected chi connectivity index (χ2v) is 7.08. The van der Waals surface area contributed by atoms with Crippen molar-refractivity contribution in [2.75, 3.05) is 52.1 Å². The molecular formula is C22H30N4O4. The number of ether oxygens (including phenoxy) is 2. The minimum absolute atomic E-state index is 0.0615. The van der Waals surface area contributed by atoms with Gasteiger partial charge in [-0.15, -0.1) is 0 Å². The highest BCUT2D eigenvalue weighted by Gasteiger charge is 2.20. The summed E-state index contributed by atoms with van der Waals surface area (Å²) in [6.07, 6.45) is 0. The number of hydrogen-bond donors (Lipinski definition) is 2. The molecule has 2 aromatic carbocycles. The number of carbonyl (C=O) groups excluding carboxylic acids is 2. The highest BCUT2D eigenvalue weighted by molar-refractivity contribution is 6.04. The van der Waals surface area contributed by atoms with Crippen LogP contribution in [0.25, 0.3) is 0 Å². The molecule has 2 N–H and O–H groups in total. The van der Waals surface area contributed by atoms with E-state index in [2.05, 4.69) is 15.5 Å². The Morgan fingerprint density at radius 3 is 2.17 bits per heavy atom. The third-order valence-corrected chi connectivity index (χ3v) is 4.79. The van der Waals surface area contributed by atoms with Gasteiger partial charge in [-0.1, -0.05) is 18.2 Å². The molecule has 0 spiro atoms. The summed E-state index contributed by atoms with van der Waals surface area (Å²) >= 11 is 0. The lowest BCUT2D eigenvalue weighted by atomic mass is 10.1. The lowest BCUT2D eigenvalue weighted by Crippen LogP contribution is -2.42. The van der Waals surface area contributed by atoms with Gasteiger partial charge in [0.25, 0.3) is 5.91 Å². The summed E-state index contributed by atoms with van der Waals surface area (Å²) in [5, 5.41) is 5.61. The van der Waals surface area contributed by atoms with E-state index >= 15 is 0 Å². The number of amides is 3. The van der Waals surface area contributed by atoms with Crippen molar-refractivity contribution >= 4 is 23.3 Å². The number of nitrogens with zero attached hydrogens (tertiary/aromatic N) is 2. The van der Waals surface area contributed by atoms with Crippen molar-refractivity contribution in [1.29, 1.82) is 0 Å². The van der Waals surface area contributed by atoms with E-state index in [4.69, 9.17) is 9.47 Å². The standard InChI is InChI=1S/C22H30N4O4/c1-15(26(4)16-10-8-7-9-11-16)14-23-22(28)24-18-13-20(30-6)19(29-5)12-17(18)21(27)25(2)3/h7-13,15H,14H2,1-6H3,(H2,23,24,28). The Morgan fingerprint density at radius 1 is 1.00 bits per heavy atom. The molecule has 1 atom stereocenters. The number of anilines is 2. The SMILES string of the molecule is COc1cc(NC(=O)NCC(C)N(C)c2ccccc2)c(C(=O)N(C)C)cc1OC. The smallest absolute Gasteiger partial charge is 0.319 e. The number of benzene rings is 2. The van der Waals surface area contributed by atoms with Crippen LogP contribution in [0.2, 0.25) is 0 Å². The molecule has 2 aromatic rings. The maximum absolute atomic E-state index is 12.6. The van der Waals surface area contributed by atoms with Gasteiger partial charge in [-0.25, -0.2) is 4.79 Å². The van der Waals surface area contributed by atoms with Crippen molar-refractivity contribution in [3.8, 4) is 11.5 Å². The van der Waals surface area contributed by atoms with Gasteiger partial charge in [-0.3, -0.25) is 4.79 Å². The first kappa shape index (κ1) is 22.9. The van der Waals surface area contributed by atoms with Crippen LogP contribution in [0.15, 0.2) is 42.5 Å². The van der Waals surface area contributed by atoms with Crippen LogP contribution >= 0.6 is 0 Å². The molecule has 162 valence electrons. The van der Waals surface area contributed by atoms with E-state index in [9.17, 15) is 9.59 Å². The summed E-state index contributed by atoms with van der Waals surface area (Å²) in [4.78, 5) is 28.6. The molecule has 30 heavy (non-hydrogen) atoms. The summed E-state index contributed by atoms with van der Waals surface area (Å²) in [6.45, 7) is 2.44. The maximum Gasteiger partial charge on any atom is 0.319 e. The van der Waals surface area contributed by atoms with E-state index in [0.717, 1.165) is 5.69 Å². The van der Waals surface area contributed by atoms with E-state index in [-0.39, 0.29) is 11.9 Å². The number of likely N-dealkylation sites (N-methyl/N-ethyl adjacent to an activating group) is 1. The summed E-state index contributed by atoms with van der Waals surface area (Å²) in [5.74, 6) is 0.565. The Balaban J connectivity index is 2.12. The maximum atomic E-state index is 12.6. The Bertz CT molecular complexity index is 871. The van der Waals surface area contributed by atoms with Gasteiger partial charge in [0.2, 0.25) is 0 Å². The zero-order valence-corrected chi connectivity index (χ0v) is 18.4. The summed E-state index contributed by atoms with van der Waals surface area (Å²) < 4.78 is 10.6. The van der Waals surface area contributed by atoms with E-state index in [0.29, 0.717) is 29.3 Å². The fraction of sp³-hybridized carbons (Fsp3) is 0.364. The first-order valence-corrected chi connectivity index (χ1v) is 9.58. The van der Waals surface area contributed by atoms with Crippen molar-refractivity contribution < 1.29 is 19.1 Å². The first-order valence-electron chi connectivity index (χ1n) is 9.58. The second-order valence-electron chi connectivity index (χ2n) is 7.08. The van der Waals surface area contributed by atoms with Crippen LogP contribution < -0.4 is 25.0 Å². The third-order valence-electron chi connectivity index (χ3n) is 4.79. The topological polar surface area (TPSA) is 83.1 Å². The van der Waals surface area contributed by atoms with Gasteiger partial charge in [0.15, 0.2) is 11.5 Å². The van der Waals surface area contributed by atoms with Crippen LogP contribution in [0, 0.1) is 0 Å². The van der Waals surface area contributed by atoms with Gasteiger partial charge >= 0.3 is 6.03 Å².